The Bertz CT molecular complexity index is 1110. The fourth-order valence-electron chi connectivity index (χ4n) is 7.15. The first-order valence-electron chi connectivity index (χ1n) is 15.0. The van der Waals surface area contributed by atoms with Crippen molar-refractivity contribution in [3.05, 3.63) is 47.1 Å². The van der Waals surface area contributed by atoms with Gasteiger partial charge in [-0.05, 0) is 55.7 Å². The van der Waals surface area contributed by atoms with Crippen LogP contribution in [0, 0.1) is 17.8 Å². The number of fused-ring (bicyclic) bond motifs is 2. The predicted molar refractivity (Wildman–Crippen MR) is 149 cm³/mol. The second kappa shape index (κ2) is 12.0. The van der Waals surface area contributed by atoms with Crippen molar-refractivity contribution in [2.75, 3.05) is 13.2 Å². The molecule has 0 unspecified atom stereocenters. The largest absolute Gasteiger partial charge is 0.462 e. The molecule has 5 aliphatic rings. The number of hydrogen-bond donors (Lipinski definition) is 3. The molecule has 1 spiro atoms. The van der Waals surface area contributed by atoms with Crippen molar-refractivity contribution < 1.29 is 43.5 Å². The quantitative estimate of drug-likeness (QED) is 0.336. The maximum absolute atomic E-state index is 15.4. The van der Waals surface area contributed by atoms with E-state index < -0.39 is 53.7 Å². The summed E-state index contributed by atoms with van der Waals surface area (Å²) in [6.45, 7) is 7.38. The fourth-order valence-corrected chi connectivity index (χ4v) is 7.15. The zero-order valence-corrected chi connectivity index (χ0v) is 24.5. The molecule has 5 rings (SSSR count). The third-order valence-electron chi connectivity index (χ3n) is 9.71. The summed E-state index contributed by atoms with van der Waals surface area (Å²) >= 11 is 0. The van der Waals surface area contributed by atoms with Gasteiger partial charge in [-0.1, -0.05) is 44.2 Å². The van der Waals surface area contributed by atoms with Crippen LogP contribution in [0.3, 0.4) is 0 Å². The van der Waals surface area contributed by atoms with Crippen molar-refractivity contribution in [2.45, 2.75) is 114 Å². The van der Waals surface area contributed by atoms with Gasteiger partial charge in [0.1, 0.15) is 36.0 Å². The molecule has 228 valence electrons. The Kier molecular flexibility index (Phi) is 8.96. The lowest BCUT2D eigenvalue weighted by Gasteiger charge is -2.50. The van der Waals surface area contributed by atoms with E-state index in [0.29, 0.717) is 48.8 Å². The summed E-state index contributed by atoms with van der Waals surface area (Å²) < 4.78 is 40.5. The number of esters is 1. The molecule has 2 bridgehead atoms. The molecule has 0 saturated carbocycles. The average molecular weight is 577 g/mol. The molecule has 3 fully saturated rings. The number of hydrogen-bond acceptors (Lipinski definition) is 8. The van der Waals surface area contributed by atoms with Crippen molar-refractivity contribution in [1.29, 1.82) is 0 Å². The average Bonchev–Trinajstić information content (AvgIpc) is 3.27. The van der Waals surface area contributed by atoms with Crippen LogP contribution in [0.5, 0.6) is 0 Å². The van der Waals surface area contributed by atoms with E-state index in [1.165, 1.54) is 0 Å². The van der Waals surface area contributed by atoms with E-state index in [1.807, 2.05) is 6.08 Å². The maximum atomic E-state index is 15.4. The van der Waals surface area contributed by atoms with Gasteiger partial charge in [0.05, 0.1) is 18.8 Å². The van der Waals surface area contributed by atoms with Crippen LogP contribution >= 0.6 is 0 Å². The smallest absolute Gasteiger partial charge is 0.316 e. The van der Waals surface area contributed by atoms with Gasteiger partial charge in [-0.2, -0.15) is 0 Å². The standard InChI is InChI=1S/C32H45FO8/c1-18-10-12-31(41-26(18)11-13-34)16-24-15-23(40-31)9-8-20(3)27(33)19(2)6-5-7-22-17-38-29-28(35)21(4)14-25(30(36)39-24)32(22,29)37/h5-8,14,18-19,23-29,34-35,37H,9-13,15-17H2,1-4H3/b6-5+,20-8+,22-7+/t18-,19-,23+,24-,25-,26+,27+,28+,29+,31+,32+/m0/s1. The first-order valence-corrected chi connectivity index (χ1v) is 15.0. The number of aliphatic hydroxyl groups excluding tert-OH is 2. The Labute approximate surface area is 241 Å². The zero-order chi connectivity index (χ0) is 29.5. The molecule has 3 saturated heterocycles. The summed E-state index contributed by atoms with van der Waals surface area (Å²) in [4.78, 5) is 13.9. The topological polar surface area (TPSA) is 115 Å². The number of rotatable bonds is 2. The van der Waals surface area contributed by atoms with Crippen LogP contribution in [-0.4, -0.2) is 82.6 Å². The minimum atomic E-state index is -1.81. The van der Waals surface area contributed by atoms with Crippen LogP contribution in [0.25, 0.3) is 0 Å². The monoisotopic (exact) mass is 576 g/mol. The van der Waals surface area contributed by atoms with Crippen LogP contribution in [0.2, 0.25) is 0 Å². The van der Waals surface area contributed by atoms with Gasteiger partial charge in [0.15, 0.2) is 5.79 Å². The zero-order valence-electron chi connectivity index (χ0n) is 24.5. The third-order valence-corrected chi connectivity index (χ3v) is 9.71. The van der Waals surface area contributed by atoms with Gasteiger partial charge in [0.25, 0.3) is 0 Å². The lowest BCUT2D eigenvalue weighted by Crippen LogP contribution is -2.58. The van der Waals surface area contributed by atoms with Crippen molar-refractivity contribution in [1.82, 2.24) is 0 Å². The number of allylic oxidation sites excluding steroid dienone is 4. The molecule has 41 heavy (non-hydrogen) atoms. The number of aliphatic hydroxyl groups is 3. The summed E-state index contributed by atoms with van der Waals surface area (Å²) in [6.07, 6.45) is 7.11. The van der Waals surface area contributed by atoms with Crippen LogP contribution in [0.1, 0.15) is 66.2 Å². The summed E-state index contributed by atoms with van der Waals surface area (Å²) in [5, 5.41) is 32.5. The van der Waals surface area contributed by atoms with Gasteiger partial charge in [0.2, 0.25) is 0 Å². The SMILES string of the molecule is CC1=C[C@H]2C(=O)O[C@H]3C[C@@H](C/C=C(\C)[C@H](F)[C@@H](C)/C=C/C=C4\CO[C@H]([C@@H]1O)[C@@]42O)O[C@@]1(CC[C@H](C)[C@@H](CCO)O1)C3. The van der Waals surface area contributed by atoms with Gasteiger partial charge in [0, 0.05) is 31.8 Å². The molecule has 1 aliphatic carbocycles. The molecule has 8 nitrogen and oxygen atoms in total. The van der Waals surface area contributed by atoms with Crippen molar-refractivity contribution in [2.24, 2.45) is 17.8 Å². The number of carbonyl (C=O) groups excluding carboxylic acids is 1. The number of carbonyl (C=O) groups is 1. The lowest BCUT2D eigenvalue weighted by atomic mass is 9.71. The van der Waals surface area contributed by atoms with Crippen molar-refractivity contribution in [3.8, 4) is 0 Å². The molecular weight excluding hydrogens is 531 g/mol. The van der Waals surface area contributed by atoms with Gasteiger partial charge in [-0.3, -0.25) is 4.79 Å². The van der Waals surface area contributed by atoms with Crippen LogP contribution in [0.15, 0.2) is 47.1 Å². The van der Waals surface area contributed by atoms with Crippen molar-refractivity contribution in [3.63, 3.8) is 0 Å². The molecule has 9 heteroatoms. The van der Waals surface area contributed by atoms with Gasteiger partial charge in [-0.15, -0.1) is 0 Å². The maximum Gasteiger partial charge on any atom is 0.316 e. The van der Waals surface area contributed by atoms with Gasteiger partial charge in [-0.25, -0.2) is 4.39 Å². The summed E-state index contributed by atoms with van der Waals surface area (Å²) in [6, 6.07) is 0. The van der Waals surface area contributed by atoms with E-state index >= 15 is 4.39 Å². The van der Waals surface area contributed by atoms with E-state index in [2.05, 4.69) is 6.92 Å². The van der Waals surface area contributed by atoms with E-state index in [4.69, 9.17) is 18.9 Å². The number of alkyl halides is 1. The minimum absolute atomic E-state index is 0.00370. The van der Waals surface area contributed by atoms with Crippen LogP contribution < -0.4 is 0 Å². The summed E-state index contributed by atoms with van der Waals surface area (Å²) in [5.41, 5.74) is -0.256. The summed E-state index contributed by atoms with van der Waals surface area (Å²) in [7, 11) is 0. The molecular formula is C32H45FO8. The van der Waals surface area contributed by atoms with E-state index in [0.717, 1.165) is 6.42 Å². The molecule has 0 aromatic carbocycles. The van der Waals surface area contributed by atoms with E-state index in [1.54, 1.807) is 45.1 Å². The van der Waals surface area contributed by atoms with Crippen LogP contribution in [0.4, 0.5) is 4.39 Å². The Morgan fingerprint density at radius 2 is 1.93 bits per heavy atom. The predicted octanol–water partition coefficient (Wildman–Crippen LogP) is 3.84. The molecule has 3 N–H and O–H groups in total. The van der Waals surface area contributed by atoms with Crippen molar-refractivity contribution >= 4 is 5.97 Å². The first kappa shape index (κ1) is 30.6. The summed E-state index contributed by atoms with van der Waals surface area (Å²) in [5.74, 6) is -2.87. The molecule has 4 heterocycles. The number of ether oxygens (including phenoxy) is 4. The second-order valence-electron chi connectivity index (χ2n) is 12.7. The highest BCUT2D eigenvalue weighted by atomic mass is 19.1. The second-order valence-corrected chi connectivity index (χ2v) is 12.7. The highest BCUT2D eigenvalue weighted by molar-refractivity contribution is 5.78. The van der Waals surface area contributed by atoms with Crippen LogP contribution in [-0.2, 0) is 23.7 Å². The molecule has 11 atom stereocenters. The molecule has 0 aromatic heterocycles. The normalized spacial score (nSPS) is 48.7. The van der Waals surface area contributed by atoms with Gasteiger partial charge < -0.3 is 34.3 Å². The fraction of sp³-hybridized carbons (Fsp3) is 0.719. The lowest BCUT2D eigenvalue weighted by molar-refractivity contribution is -0.336. The Balaban J connectivity index is 1.52. The van der Waals surface area contributed by atoms with E-state index in [-0.39, 0.29) is 31.3 Å². The minimum Gasteiger partial charge on any atom is -0.462 e. The Morgan fingerprint density at radius 3 is 2.68 bits per heavy atom. The highest BCUT2D eigenvalue weighted by Crippen LogP contribution is 2.47. The third kappa shape index (κ3) is 5.86. The molecule has 0 aromatic rings. The Morgan fingerprint density at radius 1 is 1.15 bits per heavy atom. The van der Waals surface area contributed by atoms with E-state index in [9.17, 15) is 20.1 Å². The highest BCUT2D eigenvalue weighted by Gasteiger charge is 2.60. The molecule has 0 radical (unpaired) electrons. The number of halogens is 1. The molecule has 4 aliphatic heterocycles. The van der Waals surface area contributed by atoms with Gasteiger partial charge >= 0.3 is 5.97 Å². The Hall–Kier alpha value is -1.88. The first-order chi connectivity index (χ1) is 19.5. The molecule has 0 amide bonds.